The van der Waals surface area contributed by atoms with Crippen molar-refractivity contribution in [3.63, 3.8) is 0 Å². The number of carbonyl (C=O) groups is 3. The standard InChI is InChI=1S/C37H46N6O6/c1-26-14-17-31(33(23-26)49-22-10-6-7-13-35(44)42-20-18-40(2)19-21-42)41(3)36(45)27-15-16-29(32(24-27)48-5)39-37(46)43-30-12-9-8-11-28(30)38-34(43)25-47-4/h8-9,11-12,14-17,23-24H,6-7,10,13,18-22,25H2,1-5H3,(H,39,46). The summed E-state index contributed by atoms with van der Waals surface area (Å²) in [6.07, 6.45) is 3.05. The van der Waals surface area contributed by atoms with Crippen LogP contribution in [-0.4, -0.2) is 98.3 Å². The Kier molecular flexibility index (Phi) is 11.9. The number of nitrogens with zero attached hydrogens (tertiary/aromatic N) is 5. The number of methoxy groups -OCH3 is 2. The summed E-state index contributed by atoms with van der Waals surface area (Å²) in [5.74, 6) is 1.36. The van der Waals surface area contributed by atoms with Gasteiger partial charge in [0.25, 0.3) is 5.91 Å². The van der Waals surface area contributed by atoms with Gasteiger partial charge in [-0.05, 0) is 81.3 Å². The average Bonchev–Trinajstić information content (AvgIpc) is 3.48. The molecule has 0 aliphatic carbocycles. The van der Waals surface area contributed by atoms with Crippen molar-refractivity contribution < 1.29 is 28.6 Å². The van der Waals surface area contributed by atoms with E-state index in [9.17, 15) is 14.4 Å². The lowest BCUT2D eigenvalue weighted by atomic mass is 10.1. The lowest BCUT2D eigenvalue weighted by Crippen LogP contribution is -2.47. The van der Waals surface area contributed by atoms with Crippen LogP contribution in [0.5, 0.6) is 11.5 Å². The van der Waals surface area contributed by atoms with Crippen LogP contribution in [0.1, 0.15) is 47.4 Å². The number of carbonyl (C=O) groups excluding carboxylic acids is 3. The minimum absolute atomic E-state index is 0.155. The predicted octanol–water partition coefficient (Wildman–Crippen LogP) is 5.57. The first kappa shape index (κ1) is 35.4. The number of aryl methyl sites for hydroxylation is 1. The van der Waals surface area contributed by atoms with E-state index in [1.165, 1.54) is 11.7 Å². The molecule has 1 N–H and O–H groups in total. The number of aromatic nitrogens is 2. The van der Waals surface area contributed by atoms with Gasteiger partial charge < -0.3 is 34.2 Å². The number of para-hydroxylation sites is 2. The van der Waals surface area contributed by atoms with Crippen molar-refractivity contribution in [2.75, 3.05) is 71.3 Å². The van der Waals surface area contributed by atoms with E-state index in [1.54, 1.807) is 37.3 Å². The number of ether oxygens (including phenoxy) is 3. The quantitative estimate of drug-likeness (QED) is 0.184. The van der Waals surface area contributed by atoms with E-state index in [1.807, 2.05) is 54.3 Å². The summed E-state index contributed by atoms with van der Waals surface area (Å²) < 4.78 is 18.5. The van der Waals surface area contributed by atoms with Gasteiger partial charge in [0.05, 0.1) is 36.1 Å². The zero-order valence-corrected chi connectivity index (χ0v) is 29.0. The third kappa shape index (κ3) is 8.57. The van der Waals surface area contributed by atoms with Crippen LogP contribution in [-0.2, 0) is 16.1 Å². The van der Waals surface area contributed by atoms with Gasteiger partial charge >= 0.3 is 6.03 Å². The summed E-state index contributed by atoms with van der Waals surface area (Å²) >= 11 is 0. The molecule has 0 radical (unpaired) electrons. The molecule has 0 atom stereocenters. The molecule has 3 amide bonds. The normalized spacial score (nSPS) is 13.4. The first-order valence-corrected chi connectivity index (χ1v) is 16.6. The predicted molar refractivity (Wildman–Crippen MR) is 190 cm³/mol. The van der Waals surface area contributed by atoms with E-state index in [0.717, 1.165) is 51.0 Å². The molecule has 12 nitrogen and oxygen atoms in total. The zero-order chi connectivity index (χ0) is 34.9. The number of hydrogen-bond donors (Lipinski definition) is 1. The largest absolute Gasteiger partial charge is 0.495 e. The van der Waals surface area contributed by atoms with Crippen molar-refractivity contribution in [3.05, 3.63) is 77.6 Å². The monoisotopic (exact) mass is 670 g/mol. The van der Waals surface area contributed by atoms with E-state index in [2.05, 4.69) is 22.2 Å². The maximum Gasteiger partial charge on any atom is 0.332 e. The highest BCUT2D eigenvalue weighted by atomic mass is 16.5. The number of unbranched alkanes of at least 4 members (excludes halogenated alkanes) is 2. The Labute approximate surface area is 287 Å². The van der Waals surface area contributed by atoms with E-state index in [0.29, 0.717) is 58.3 Å². The van der Waals surface area contributed by atoms with E-state index >= 15 is 0 Å². The zero-order valence-electron chi connectivity index (χ0n) is 29.0. The van der Waals surface area contributed by atoms with Crippen LogP contribution in [0.3, 0.4) is 0 Å². The van der Waals surface area contributed by atoms with Gasteiger partial charge in [-0.25, -0.2) is 14.3 Å². The Morgan fingerprint density at radius 3 is 2.45 bits per heavy atom. The highest BCUT2D eigenvalue weighted by Crippen LogP contribution is 2.32. The van der Waals surface area contributed by atoms with Gasteiger partial charge in [-0.15, -0.1) is 0 Å². The molecule has 1 aliphatic rings. The van der Waals surface area contributed by atoms with E-state index < -0.39 is 6.03 Å². The van der Waals surface area contributed by atoms with Gasteiger partial charge in [0.15, 0.2) is 0 Å². The highest BCUT2D eigenvalue weighted by Gasteiger charge is 2.22. The third-order valence-corrected chi connectivity index (χ3v) is 8.73. The van der Waals surface area contributed by atoms with Crippen molar-refractivity contribution >= 4 is 40.3 Å². The van der Waals surface area contributed by atoms with Crippen LogP contribution in [0.4, 0.5) is 16.2 Å². The lowest BCUT2D eigenvalue weighted by molar-refractivity contribution is -0.132. The Morgan fingerprint density at radius 2 is 1.69 bits per heavy atom. The second-order valence-corrected chi connectivity index (χ2v) is 12.3. The number of piperazine rings is 1. The number of amides is 3. The van der Waals surface area contributed by atoms with Gasteiger partial charge in [-0.1, -0.05) is 18.2 Å². The molecule has 49 heavy (non-hydrogen) atoms. The summed E-state index contributed by atoms with van der Waals surface area (Å²) in [5.41, 5.74) is 3.74. The molecule has 1 fully saturated rings. The highest BCUT2D eigenvalue weighted by molar-refractivity contribution is 6.07. The number of rotatable bonds is 13. The molecule has 0 unspecified atom stereocenters. The lowest BCUT2D eigenvalue weighted by Gasteiger charge is -2.32. The average molecular weight is 671 g/mol. The Bertz CT molecular complexity index is 1780. The van der Waals surface area contributed by atoms with Crippen molar-refractivity contribution in [3.8, 4) is 11.5 Å². The van der Waals surface area contributed by atoms with Gasteiger partial charge in [0.1, 0.15) is 23.9 Å². The number of hydrogen-bond acceptors (Lipinski definition) is 8. The molecule has 0 saturated carbocycles. The summed E-state index contributed by atoms with van der Waals surface area (Å²) in [6, 6.07) is 17.6. The number of imidazole rings is 1. The molecule has 1 aromatic heterocycles. The fourth-order valence-electron chi connectivity index (χ4n) is 5.90. The number of likely N-dealkylation sites (N-methyl/N-ethyl adjacent to an activating group) is 1. The minimum atomic E-state index is -0.432. The maximum absolute atomic E-state index is 13.7. The summed E-state index contributed by atoms with van der Waals surface area (Å²) in [6.45, 7) is 6.05. The van der Waals surface area contributed by atoms with Crippen LogP contribution < -0.4 is 19.7 Å². The van der Waals surface area contributed by atoms with Crippen LogP contribution in [0, 0.1) is 6.92 Å². The molecular formula is C37H46N6O6. The molecular weight excluding hydrogens is 624 g/mol. The smallest absolute Gasteiger partial charge is 0.332 e. The van der Waals surface area contributed by atoms with Crippen LogP contribution in [0.15, 0.2) is 60.7 Å². The first-order chi connectivity index (χ1) is 23.7. The first-order valence-electron chi connectivity index (χ1n) is 16.6. The molecule has 3 aromatic carbocycles. The van der Waals surface area contributed by atoms with Crippen LogP contribution in [0.25, 0.3) is 11.0 Å². The Morgan fingerprint density at radius 1 is 0.918 bits per heavy atom. The molecule has 1 aliphatic heterocycles. The number of nitrogens with one attached hydrogen (secondary N) is 1. The molecule has 0 spiro atoms. The fraction of sp³-hybridized carbons (Fsp3) is 0.405. The second kappa shape index (κ2) is 16.4. The molecule has 12 heteroatoms. The van der Waals surface area contributed by atoms with Gasteiger partial charge in [-0.3, -0.25) is 9.59 Å². The number of anilines is 2. The number of benzene rings is 3. The van der Waals surface area contributed by atoms with E-state index in [4.69, 9.17) is 14.2 Å². The topological polar surface area (TPSA) is 118 Å². The summed E-state index contributed by atoms with van der Waals surface area (Å²) in [4.78, 5) is 50.0. The molecule has 4 aromatic rings. The summed E-state index contributed by atoms with van der Waals surface area (Å²) in [5, 5.41) is 2.89. The SMILES string of the molecule is COCc1nc2ccccc2n1C(=O)Nc1ccc(C(=O)N(C)c2ccc(C)cc2OCCCCCC(=O)N2CCN(C)CC2)cc1OC. The second-order valence-electron chi connectivity index (χ2n) is 12.3. The number of fused-ring (bicyclic) bond motifs is 1. The maximum atomic E-state index is 13.7. The van der Waals surface area contributed by atoms with Crippen molar-refractivity contribution in [2.45, 2.75) is 39.2 Å². The third-order valence-electron chi connectivity index (χ3n) is 8.73. The molecule has 0 bridgehead atoms. The Balaban J connectivity index is 1.21. The van der Waals surface area contributed by atoms with Gasteiger partial charge in [0, 0.05) is 52.3 Å². The molecule has 260 valence electrons. The molecule has 2 heterocycles. The fourth-order valence-corrected chi connectivity index (χ4v) is 5.90. The van der Waals surface area contributed by atoms with Crippen molar-refractivity contribution in [1.29, 1.82) is 0 Å². The van der Waals surface area contributed by atoms with Gasteiger partial charge in [-0.2, -0.15) is 0 Å². The molecule has 1 saturated heterocycles. The van der Waals surface area contributed by atoms with E-state index in [-0.39, 0.29) is 18.4 Å². The molecule has 5 rings (SSSR count). The van der Waals surface area contributed by atoms with Crippen molar-refractivity contribution in [2.24, 2.45) is 0 Å². The summed E-state index contributed by atoms with van der Waals surface area (Å²) in [7, 11) is 6.82. The van der Waals surface area contributed by atoms with Crippen molar-refractivity contribution in [1.82, 2.24) is 19.4 Å². The van der Waals surface area contributed by atoms with Gasteiger partial charge in [0.2, 0.25) is 5.91 Å². The van der Waals surface area contributed by atoms with Crippen LogP contribution >= 0.6 is 0 Å². The Hall–Kier alpha value is -4.94. The van der Waals surface area contributed by atoms with Crippen LogP contribution in [0.2, 0.25) is 0 Å². The minimum Gasteiger partial charge on any atom is -0.495 e.